The van der Waals surface area contributed by atoms with E-state index in [1.807, 2.05) is 6.07 Å². The van der Waals surface area contributed by atoms with Gasteiger partial charge < -0.3 is 14.4 Å². The molecule has 4 aromatic rings. The molecule has 1 saturated heterocycles. The first-order valence-corrected chi connectivity index (χ1v) is 16.6. The zero-order valence-electron chi connectivity index (χ0n) is 26.8. The number of rotatable bonds is 13. The van der Waals surface area contributed by atoms with Crippen LogP contribution in [0.15, 0.2) is 72.8 Å². The van der Waals surface area contributed by atoms with Crippen LogP contribution in [0.5, 0.6) is 0 Å². The number of piperidine rings is 1. The van der Waals surface area contributed by atoms with Crippen LogP contribution in [0.4, 0.5) is 0 Å². The standard InChI is InChI=1S/C38H50N4O/c1-29(2)20-26-41(27-21-30(3)4)38(43)34-18-19-35-36(28-34)42(25-11-24-40-22-9-6-10-23-40)37(39-35)33-16-14-32(15-17-33)31-12-7-5-8-13-31/h5,7-8,12-19,28-30H,6,9-11,20-27H2,1-4H3. The third-order valence-corrected chi connectivity index (χ3v) is 8.79. The second-order valence-corrected chi connectivity index (χ2v) is 13.1. The van der Waals surface area contributed by atoms with Crippen molar-refractivity contribution in [1.29, 1.82) is 0 Å². The van der Waals surface area contributed by atoms with E-state index >= 15 is 0 Å². The van der Waals surface area contributed by atoms with Gasteiger partial charge in [-0.1, -0.05) is 88.7 Å². The normalized spacial score (nSPS) is 14.2. The van der Waals surface area contributed by atoms with E-state index in [1.165, 1.54) is 43.5 Å². The summed E-state index contributed by atoms with van der Waals surface area (Å²) in [7, 11) is 0. The molecule has 1 aliphatic rings. The van der Waals surface area contributed by atoms with E-state index in [4.69, 9.17) is 4.98 Å². The fourth-order valence-corrected chi connectivity index (χ4v) is 6.11. The van der Waals surface area contributed by atoms with E-state index in [0.29, 0.717) is 11.8 Å². The molecule has 0 saturated carbocycles. The van der Waals surface area contributed by atoms with E-state index in [2.05, 4.69) is 109 Å². The molecule has 1 aromatic heterocycles. The van der Waals surface area contributed by atoms with Crippen molar-refractivity contribution in [3.63, 3.8) is 0 Å². The lowest BCUT2D eigenvalue weighted by atomic mass is 10.0. The molecule has 5 rings (SSSR count). The minimum absolute atomic E-state index is 0.137. The average Bonchev–Trinajstić information content (AvgIpc) is 3.39. The number of carbonyl (C=O) groups is 1. The van der Waals surface area contributed by atoms with Crippen LogP contribution in [0.3, 0.4) is 0 Å². The van der Waals surface area contributed by atoms with Crippen molar-refractivity contribution in [3.8, 4) is 22.5 Å². The van der Waals surface area contributed by atoms with Crippen molar-refractivity contribution in [1.82, 2.24) is 19.4 Å². The number of carbonyl (C=O) groups excluding carboxylic acids is 1. The summed E-state index contributed by atoms with van der Waals surface area (Å²) >= 11 is 0. The Balaban J connectivity index is 1.46. The highest BCUT2D eigenvalue weighted by Gasteiger charge is 2.20. The fourth-order valence-electron chi connectivity index (χ4n) is 6.11. The Morgan fingerprint density at radius 3 is 2.05 bits per heavy atom. The molecule has 0 unspecified atom stereocenters. The monoisotopic (exact) mass is 578 g/mol. The minimum atomic E-state index is 0.137. The molecule has 0 radical (unpaired) electrons. The number of fused-ring (bicyclic) bond motifs is 1. The second kappa shape index (κ2) is 14.8. The topological polar surface area (TPSA) is 41.4 Å². The van der Waals surface area contributed by atoms with Gasteiger partial charge in [0.2, 0.25) is 0 Å². The molecule has 43 heavy (non-hydrogen) atoms. The van der Waals surface area contributed by atoms with Crippen molar-refractivity contribution in [2.24, 2.45) is 11.8 Å². The summed E-state index contributed by atoms with van der Waals surface area (Å²) in [6.07, 6.45) is 7.07. The van der Waals surface area contributed by atoms with Gasteiger partial charge >= 0.3 is 0 Å². The highest BCUT2D eigenvalue weighted by molar-refractivity contribution is 5.98. The van der Waals surface area contributed by atoms with Crippen LogP contribution in [0, 0.1) is 11.8 Å². The van der Waals surface area contributed by atoms with Crippen molar-refractivity contribution < 1.29 is 4.79 Å². The van der Waals surface area contributed by atoms with Crippen molar-refractivity contribution in [2.75, 3.05) is 32.7 Å². The van der Waals surface area contributed by atoms with Crippen molar-refractivity contribution >= 4 is 16.9 Å². The number of hydrogen-bond donors (Lipinski definition) is 0. The quantitative estimate of drug-likeness (QED) is 0.159. The number of amides is 1. The van der Waals surface area contributed by atoms with E-state index in [-0.39, 0.29) is 5.91 Å². The Kier molecular flexibility index (Phi) is 10.7. The molecule has 0 atom stereocenters. The molecule has 1 amide bonds. The molecule has 0 spiro atoms. The maximum absolute atomic E-state index is 13.9. The Morgan fingerprint density at radius 2 is 1.40 bits per heavy atom. The number of aromatic nitrogens is 2. The Labute approximate surface area is 258 Å². The molecule has 0 N–H and O–H groups in total. The van der Waals surface area contributed by atoms with Crippen LogP contribution < -0.4 is 0 Å². The van der Waals surface area contributed by atoms with Crippen LogP contribution in [0.25, 0.3) is 33.5 Å². The van der Waals surface area contributed by atoms with Crippen LogP contribution in [0.2, 0.25) is 0 Å². The van der Waals surface area contributed by atoms with Gasteiger partial charge in [0.25, 0.3) is 5.91 Å². The molecule has 5 nitrogen and oxygen atoms in total. The van der Waals surface area contributed by atoms with Gasteiger partial charge in [-0.15, -0.1) is 0 Å². The Bertz CT molecular complexity index is 1440. The summed E-state index contributed by atoms with van der Waals surface area (Å²) in [5.74, 6) is 2.25. The molecule has 1 fully saturated rings. The highest BCUT2D eigenvalue weighted by Crippen LogP contribution is 2.29. The zero-order valence-corrected chi connectivity index (χ0v) is 26.8. The molecule has 3 aromatic carbocycles. The van der Waals surface area contributed by atoms with Gasteiger partial charge in [-0.05, 0) is 92.9 Å². The zero-order chi connectivity index (χ0) is 30.2. The third-order valence-electron chi connectivity index (χ3n) is 8.79. The summed E-state index contributed by atoms with van der Waals surface area (Å²) in [6, 6.07) is 25.4. The lowest BCUT2D eigenvalue weighted by Crippen LogP contribution is -2.34. The molecule has 5 heteroatoms. The van der Waals surface area contributed by atoms with E-state index in [9.17, 15) is 4.79 Å². The summed E-state index contributed by atoms with van der Waals surface area (Å²) in [5.41, 5.74) is 6.30. The largest absolute Gasteiger partial charge is 0.339 e. The lowest BCUT2D eigenvalue weighted by molar-refractivity contribution is 0.0741. The lowest BCUT2D eigenvalue weighted by Gasteiger charge is -2.26. The summed E-state index contributed by atoms with van der Waals surface area (Å²) in [4.78, 5) is 23.7. The number of nitrogens with zero attached hydrogens (tertiary/aromatic N) is 4. The molecule has 2 heterocycles. The van der Waals surface area contributed by atoms with Gasteiger partial charge in [0.15, 0.2) is 0 Å². The smallest absolute Gasteiger partial charge is 0.253 e. The number of benzene rings is 3. The van der Waals surface area contributed by atoms with Crippen molar-refractivity contribution in [2.45, 2.75) is 72.8 Å². The van der Waals surface area contributed by atoms with Gasteiger partial charge in [-0.2, -0.15) is 0 Å². The second-order valence-electron chi connectivity index (χ2n) is 13.1. The number of imidazole rings is 1. The van der Waals surface area contributed by atoms with Crippen LogP contribution in [-0.4, -0.2) is 58.0 Å². The number of hydrogen-bond acceptors (Lipinski definition) is 3. The first-order chi connectivity index (χ1) is 20.9. The SMILES string of the molecule is CC(C)CCN(CCC(C)C)C(=O)c1ccc2nc(-c3ccc(-c4ccccc4)cc3)n(CCCN3CCCCC3)c2c1. The third kappa shape index (κ3) is 8.14. The maximum Gasteiger partial charge on any atom is 0.253 e. The molecule has 0 bridgehead atoms. The first-order valence-electron chi connectivity index (χ1n) is 16.6. The van der Waals surface area contributed by atoms with Gasteiger partial charge in [-0.25, -0.2) is 4.98 Å². The Hall–Kier alpha value is -3.44. The molecular weight excluding hydrogens is 528 g/mol. The van der Waals surface area contributed by atoms with Crippen LogP contribution in [-0.2, 0) is 6.54 Å². The van der Waals surface area contributed by atoms with Crippen LogP contribution in [0.1, 0.15) is 76.6 Å². The van der Waals surface area contributed by atoms with Crippen molar-refractivity contribution in [3.05, 3.63) is 78.4 Å². The molecular formula is C38H50N4O. The number of likely N-dealkylation sites (tertiary alicyclic amines) is 1. The minimum Gasteiger partial charge on any atom is -0.339 e. The first kappa shape index (κ1) is 31.0. The van der Waals surface area contributed by atoms with Gasteiger partial charge in [0.1, 0.15) is 5.82 Å². The molecule has 1 aliphatic heterocycles. The predicted octanol–water partition coefficient (Wildman–Crippen LogP) is 8.78. The fraction of sp³-hybridized carbons (Fsp3) is 0.474. The predicted molar refractivity (Wildman–Crippen MR) is 180 cm³/mol. The average molecular weight is 579 g/mol. The van der Waals surface area contributed by atoms with E-state index in [0.717, 1.165) is 73.4 Å². The maximum atomic E-state index is 13.9. The van der Waals surface area contributed by atoms with Gasteiger partial charge in [-0.3, -0.25) is 4.79 Å². The van der Waals surface area contributed by atoms with E-state index < -0.39 is 0 Å². The number of aryl methyl sites for hydroxylation is 1. The van der Waals surface area contributed by atoms with Gasteiger partial charge in [0, 0.05) is 30.8 Å². The van der Waals surface area contributed by atoms with E-state index in [1.54, 1.807) is 0 Å². The summed E-state index contributed by atoms with van der Waals surface area (Å²) in [6.45, 7) is 14.9. The summed E-state index contributed by atoms with van der Waals surface area (Å²) < 4.78 is 2.36. The highest BCUT2D eigenvalue weighted by atomic mass is 16.2. The Morgan fingerprint density at radius 1 is 0.767 bits per heavy atom. The summed E-state index contributed by atoms with van der Waals surface area (Å²) in [5, 5.41) is 0. The molecule has 228 valence electrons. The van der Waals surface area contributed by atoms with Gasteiger partial charge in [0.05, 0.1) is 11.0 Å². The molecule has 0 aliphatic carbocycles. The van der Waals surface area contributed by atoms with Crippen LogP contribution >= 0.6 is 0 Å².